The highest BCUT2D eigenvalue weighted by Gasteiger charge is 2.32. The second kappa shape index (κ2) is 11.7. The number of carbonyl (C=O) groups is 2. The van der Waals surface area contributed by atoms with Gasteiger partial charge in [-0.3, -0.25) is 13.9 Å². The first-order chi connectivity index (χ1) is 16.5. The van der Waals surface area contributed by atoms with Crippen LogP contribution in [0.2, 0.25) is 10.0 Å². The molecule has 11 heteroatoms. The highest BCUT2D eigenvalue weighted by Crippen LogP contribution is 2.31. The van der Waals surface area contributed by atoms with Crippen LogP contribution in [0.1, 0.15) is 38.8 Å². The Labute approximate surface area is 223 Å². The predicted octanol–water partition coefficient (Wildman–Crippen LogP) is 4.41. The Morgan fingerprint density at radius 1 is 1.11 bits per heavy atom. The molecule has 0 aliphatic heterocycles. The number of aryl methyl sites for hydroxylation is 1. The van der Waals surface area contributed by atoms with Crippen molar-refractivity contribution in [2.24, 2.45) is 0 Å². The van der Waals surface area contributed by atoms with Crippen LogP contribution in [0.4, 0.5) is 5.69 Å². The lowest BCUT2D eigenvalue weighted by atomic mass is 10.1. The first-order valence-corrected chi connectivity index (χ1v) is 13.8. The zero-order chi connectivity index (χ0) is 27.4. The average Bonchev–Trinajstić information content (AvgIpc) is 2.74. The number of carbonyl (C=O) groups excluding carboxylic acids is 2. The lowest BCUT2D eigenvalue weighted by Gasteiger charge is -2.33. The average molecular weight is 559 g/mol. The van der Waals surface area contributed by atoms with E-state index in [1.54, 1.807) is 50.2 Å². The van der Waals surface area contributed by atoms with Gasteiger partial charge < -0.3 is 15.0 Å². The van der Waals surface area contributed by atoms with E-state index in [2.05, 4.69) is 5.32 Å². The molecule has 0 aliphatic carbocycles. The number of nitrogens with zero attached hydrogens (tertiary/aromatic N) is 2. The molecule has 2 rings (SSSR count). The summed E-state index contributed by atoms with van der Waals surface area (Å²) in [7, 11) is -2.47. The third kappa shape index (κ3) is 8.01. The Balaban J connectivity index is 2.51. The summed E-state index contributed by atoms with van der Waals surface area (Å²) in [4.78, 5) is 28.0. The van der Waals surface area contributed by atoms with Crippen molar-refractivity contribution in [3.8, 4) is 5.75 Å². The van der Waals surface area contributed by atoms with Crippen LogP contribution in [0, 0.1) is 6.92 Å². The lowest BCUT2D eigenvalue weighted by molar-refractivity contribution is -0.140. The van der Waals surface area contributed by atoms with Gasteiger partial charge in [0.25, 0.3) is 0 Å². The summed E-state index contributed by atoms with van der Waals surface area (Å²) in [5.41, 5.74) is 1.04. The highest BCUT2D eigenvalue weighted by molar-refractivity contribution is 7.92. The van der Waals surface area contributed by atoms with E-state index in [-0.39, 0.29) is 18.1 Å². The van der Waals surface area contributed by atoms with E-state index in [9.17, 15) is 18.0 Å². The third-order valence-corrected chi connectivity index (χ3v) is 7.02. The summed E-state index contributed by atoms with van der Waals surface area (Å²) >= 11 is 12.4. The molecule has 0 saturated carbocycles. The second-order valence-corrected chi connectivity index (χ2v) is 12.4. The van der Waals surface area contributed by atoms with Crippen molar-refractivity contribution in [2.45, 2.75) is 52.7 Å². The zero-order valence-corrected chi connectivity index (χ0v) is 23.9. The Kier molecular flexibility index (Phi) is 9.67. The van der Waals surface area contributed by atoms with Gasteiger partial charge in [-0.25, -0.2) is 8.42 Å². The van der Waals surface area contributed by atoms with E-state index < -0.39 is 34.1 Å². The predicted molar refractivity (Wildman–Crippen MR) is 144 cm³/mol. The van der Waals surface area contributed by atoms with Crippen LogP contribution in [0.5, 0.6) is 5.75 Å². The second-order valence-electron chi connectivity index (χ2n) is 9.62. The molecule has 0 aromatic heterocycles. The zero-order valence-electron chi connectivity index (χ0n) is 21.6. The molecule has 0 fully saturated rings. The molecule has 0 heterocycles. The fourth-order valence-corrected chi connectivity index (χ4v) is 4.79. The number of hydrogen-bond acceptors (Lipinski definition) is 5. The maximum Gasteiger partial charge on any atom is 0.244 e. The number of sulfonamides is 1. The quantitative estimate of drug-likeness (QED) is 0.492. The van der Waals surface area contributed by atoms with Gasteiger partial charge in [-0.05, 0) is 70.0 Å². The molecule has 2 amide bonds. The number of hydrogen-bond donors (Lipinski definition) is 1. The molecule has 0 saturated heterocycles. The normalized spacial score (nSPS) is 12.6. The van der Waals surface area contributed by atoms with E-state index in [4.69, 9.17) is 27.9 Å². The Bertz CT molecular complexity index is 1230. The van der Waals surface area contributed by atoms with Crippen LogP contribution in [-0.4, -0.2) is 56.6 Å². The van der Waals surface area contributed by atoms with E-state index in [0.29, 0.717) is 21.4 Å². The van der Waals surface area contributed by atoms with E-state index in [0.717, 1.165) is 16.1 Å². The van der Waals surface area contributed by atoms with Crippen LogP contribution in [0.15, 0.2) is 36.4 Å². The summed E-state index contributed by atoms with van der Waals surface area (Å²) in [5, 5.41) is 3.62. The van der Waals surface area contributed by atoms with Gasteiger partial charge in [-0.15, -0.1) is 0 Å². The molecule has 0 radical (unpaired) electrons. The van der Waals surface area contributed by atoms with Crippen molar-refractivity contribution in [2.75, 3.05) is 24.2 Å². The smallest absolute Gasteiger partial charge is 0.244 e. The Hall–Kier alpha value is -2.49. The molecule has 1 N–H and O–H groups in total. The van der Waals surface area contributed by atoms with Gasteiger partial charge >= 0.3 is 0 Å². The fourth-order valence-electron chi connectivity index (χ4n) is 3.48. The minimum atomic E-state index is -3.90. The molecular formula is C25H33Cl2N3O5S. The molecule has 36 heavy (non-hydrogen) atoms. The number of methoxy groups -OCH3 is 1. The lowest BCUT2D eigenvalue weighted by Crippen LogP contribution is -2.54. The number of nitrogens with one attached hydrogen (secondary N) is 1. The number of halogens is 2. The summed E-state index contributed by atoms with van der Waals surface area (Å²) in [6.07, 6.45) is 1.01. The molecule has 2 aromatic carbocycles. The van der Waals surface area contributed by atoms with Crippen molar-refractivity contribution >= 4 is 50.7 Å². The topological polar surface area (TPSA) is 96.0 Å². The van der Waals surface area contributed by atoms with Crippen molar-refractivity contribution in [3.05, 3.63) is 57.6 Å². The molecular weight excluding hydrogens is 525 g/mol. The maximum atomic E-state index is 13.7. The number of rotatable bonds is 9. The first-order valence-electron chi connectivity index (χ1n) is 11.2. The van der Waals surface area contributed by atoms with Crippen LogP contribution < -0.4 is 14.4 Å². The molecule has 0 aliphatic rings. The van der Waals surface area contributed by atoms with Crippen molar-refractivity contribution < 1.29 is 22.7 Å². The summed E-state index contributed by atoms with van der Waals surface area (Å²) in [6.45, 7) is 8.30. The van der Waals surface area contributed by atoms with Gasteiger partial charge in [0.05, 0.1) is 19.1 Å². The number of anilines is 1. The highest BCUT2D eigenvalue weighted by atomic mass is 35.5. The van der Waals surface area contributed by atoms with Gasteiger partial charge in [0.15, 0.2) is 0 Å². The van der Waals surface area contributed by atoms with Gasteiger partial charge in [-0.1, -0.05) is 35.3 Å². The summed E-state index contributed by atoms with van der Waals surface area (Å²) in [6, 6.07) is 8.95. The van der Waals surface area contributed by atoms with E-state index >= 15 is 0 Å². The molecule has 0 spiro atoms. The largest absolute Gasteiger partial charge is 0.495 e. The van der Waals surface area contributed by atoms with E-state index in [1.807, 2.05) is 20.8 Å². The summed E-state index contributed by atoms with van der Waals surface area (Å²) < 4.78 is 31.9. The SMILES string of the molecule is COc1ccc(C)cc1N(CC(=O)N(Cc1ccc(Cl)cc1Cl)[C@@H](C)C(=O)NC(C)(C)C)S(C)(=O)=O. The molecule has 0 unspecified atom stereocenters. The van der Waals surface area contributed by atoms with Crippen LogP contribution in [0.25, 0.3) is 0 Å². The van der Waals surface area contributed by atoms with Gasteiger partial charge in [0, 0.05) is 22.1 Å². The molecule has 198 valence electrons. The number of benzene rings is 2. The Morgan fingerprint density at radius 3 is 2.28 bits per heavy atom. The van der Waals surface area contributed by atoms with Gasteiger partial charge in [-0.2, -0.15) is 0 Å². The molecule has 2 aromatic rings. The minimum absolute atomic E-state index is 0.0316. The Morgan fingerprint density at radius 2 is 1.75 bits per heavy atom. The summed E-state index contributed by atoms with van der Waals surface area (Å²) in [5.74, 6) is -0.684. The van der Waals surface area contributed by atoms with Crippen molar-refractivity contribution in [1.82, 2.24) is 10.2 Å². The molecule has 0 bridgehead atoms. The fraction of sp³-hybridized carbons (Fsp3) is 0.440. The number of ether oxygens (including phenoxy) is 1. The van der Waals surface area contributed by atoms with Crippen molar-refractivity contribution in [3.63, 3.8) is 0 Å². The first kappa shape index (κ1) is 29.7. The number of amides is 2. The molecule has 8 nitrogen and oxygen atoms in total. The maximum absolute atomic E-state index is 13.7. The molecule has 1 atom stereocenters. The van der Waals surface area contributed by atoms with Crippen molar-refractivity contribution in [1.29, 1.82) is 0 Å². The van der Waals surface area contributed by atoms with Crippen LogP contribution in [-0.2, 0) is 26.2 Å². The van der Waals surface area contributed by atoms with E-state index in [1.165, 1.54) is 12.0 Å². The monoisotopic (exact) mass is 557 g/mol. The van der Waals surface area contributed by atoms with Crippen LogP contribution in [0.3, 0.4) is 0 Å². The van der Waals surface area contributed by atoms with Gasteiger partial charge in [0.1, 0.15) is 18.3 Å². The van der Waals surface area contributed by atoms with Gasteiger partial charge in [0.2, 0.25) is 21.8 Å². The third-order valence-electron chi connectivity index (χ3n) is 5.30. The minimum Gasteiger partial charge on any atom is -0.495 e. The van der Waals surface area contributed by atoms with Crippen LogP contribution >= 0.6 is 23.2 Å². The standard InChI is InChI=1S/C25H33Cl2N3O5S/c1-16-8-11-22(35-6)21(12-16)30(36(7,33)34)15-23(31)29(17(2)24(32)28-25(3,4)5)14-18-9-10-19(26)13-20(18)27/h8-13,17H,14-15H2,1-7H3,(H,28,32)/t17-/m0/s1.